The van der Waals surface area contributed by atoms with Gasteiger partial charge in [0.15, 0.2) is 0 Å². The van der Waals surface area contributed by atoms with Gasteiger partial charge in [0, 0.05) is 36.3 Å². The lowest BCUT2D eigenvalue weighted by atomic mass is 9.96. The molecule has 2 aromatic rings. The molecular weight excluding hydrogens is 466 g/mol. The number of nitrogens with zero attached hydrogens (tertiary/aromatic N) is 3. The van der Waals surface area contributed by atoms with Crippen molar-refractivity contribution in [1.29, 1.82) is 0 Å². The van der Waals surface area contributed by atoms with Gasteiger partial charge in [0.1, 0.15) is 0 Å². The molecule has 0 bridgehead atoms. The lowest BCUT2D eigenvalue weighted by Crippen LogP contribution is -2.49. The number of likely N-dealkylation sites (tertiary alicyclic amines) is 1. The van der Waals surface area contributed by atoms with Crippen LogP contribution in [0.25, 0.3) is 0 Å². The summed E-state index contributed by atoms with van der Waals surface area (Å²) in [6.45, 7) is 11.6. The van der Waals surface area contributed by atoms with Crippen LogP contribution in [0.5, 0.6) is 0 Å². The number of carbonyl (C=O) groups excluding carboxylic acids is 2. The van der Waals surface area contributed by atoms with Gasteiger partial charge in [0.25, 0.3) is 5.91 Å². The molecule has 0 spiro atoms. The van der Waals surface area contributed by atoms with Gasteiger partial charge in [0.2, 0.25) is 15.7 Å². The van der Waals surface area contributed by atoms with Crippen molar-refractivity contribution in [3.8, 4) is 0 Å². The summed E-state index contributed by atoms with van der Waals surface area (Å²) in [5, 5.41) is 0.719. The van der Waals surface area contributed by atoms with E-state index in [4.69, 9.17) is 16.0 Å². The van der Waals surface area contributed by atoms with Crippen molar-refractivity contribution in [2.45, 2.75) is 77.1 Å². The fourth-order valence-electron chi connectivity index (χ4n) is 4.62. The number of halogens is 1. The summed E-state index contributed by atoms with van der Waals surface area (Å²) in [4.78, 5) is 34.0. The summed E-state index contributed by atoms with van der Waals surface area (Å²) in [6, 6.07) is 7.37. The Kier molecular flexibility index (Phi) is 6.91. The normalized spacial score (nSPS) is 19.1. The molecule has 180 valence electrons. The lowest BCUT2D eigenvalue weighted by molar-refractivity contribution is -0.132. The van der Waals surface area contributed by atoms with Crippen LogP contribution < -0.4 is 4.90 Å². The van der Waals surface area contributed by atoms with Crippen LogP contribution in [-0.2, 0) is 22.2 Å². The predicted octanol–water partition coefficient (Wildman–Crippen LogP) is 5.06. The van der Waals surface area contributed by atoms with Crippen molar-refractivity contribution >= 4 is 38.9 Å². The van der Waals surface area contributed by atoms with E-state index in [9.17, 15) is 9.59 Å². The monoisotopic (exact) mass is 497 g/mol. The van der Waals surface area contributed by atoms with E-state index in [1.54, 1.807) is 29.4 Å². The van der Waals surface area contributed by atoms with Crippen LogP contribution in [-0.4, -0.2) is 49.6 Å². The fourth-order valence-corrected chi connectivity index (χ4v) is 5.52. The second-order valence-electron chi connectivity index (χ2n) is 10.7. The molecule has 1 saturated heterocycles. The summed E-state index contributed by atoms with van der Waals surface area (Å²) in [5.74, 6) is 0.0794. The van der Waals surface area contributed by atoms with Gasteiger partial charge in [-0.1, -0.05) is 32.4 Å². The second kappa shape index (κ2) is 9.44. The Hall–Kier alpha value is -2.22. The molecule has 0 unspecified atom stereocenters. The number of hydrogen-bond donors (Lipinski definition) is 0. The lowest BCUT2D eigenvalue weighted by Gasteiger charge is -2.39. The minimum absolute atomic E-state index is 0.00764. The van der Waals surface area contributed by atoms with Crippen LogP contribution >= 0.6 is 11.6 Å². The number of anilines is 1. The van der Waals surface area contributed by atoms with E-state index in [1.807, 2.05) is 17.0 Å². The van der Waals surface area contributed by atoms with Crippen molar-refractivity contribution in [2.24, 2.45) is 0 Å². The number of aromatic nitrogens is 1. The molecule has 1 atom stereocenters. The molecule has 2 aliphatic rings. The first-order chi connectivity index (χ1) is 15.9. The number of amides is 2. The Morgan fingerprint density at radius 1 is 1.12 bits per heavy atom. The van der Waals surface area contributed by atoms with E-state index in [-0.39, 0.29) is 22.9 Å². The Morgan fingerprint density at radius 3 is 2.62 bits per heavy atom. The molecule has 2 aliphatic heterocycles. The smallest absolute Gasteiger partial charge is 0.258 e. The van der Waals surface area contributed by atoms with E-state index >= 15 is 0 Å². The Bertz CT molecular complexity index is 1100. The van der Waals surface area contributed by atoms with Gasteiger partial charge >= 0.3 is 0 Å². The van der Waals surface area contributed by atoms with Gasteiger partial charge < -0.3 is 14.2 Å². The molecule has 2 radical (unpaired) electrons. The van der Waals surface area contributed by atoms with E-state index < -0.39 is 5.60 Å². The van der Waals surface area contributed by atoms with Crippen LogP contribution in [0.4, 0.5) is 5.69 Å². The van der Waals surface area contributed by atoms with Crippen molar-refractivity contribution < 1.29 is 14.0 Å². The molecule has 34 heavy (non-hydrogen) atoms. The van der Waals surface area contributed by atoms with Gasteiger partial charge in [-0.05, 0) is 67.1 Å². The van der Waals surface area contributed by atoms with Crippen LogP contribution in [0, 0.1) is 0 Å². The van der Waals surface area contributed by atoms with Gasteiger partial charge in [0.05, 0.1) is 23.5 Å². The van der Waals surface area contributed by atoms with Crippen LogP contribution in [0.2, 0.25) is 10.1 Å². The molecule has 1 aromatic heterocycles. The van der Waals surface area contributed by atoms with Crippen molar-refractivity contribution in [3.63, 3.8) is 0 Å². The molecule has 0 aliphatic carbocycles. The van der Waals surface area contributed by atoms with Gasteiger partial charge in [-0.15, -0.1) is 0 Å². The van der Waals surface area contributed by atoms with Crippen LogP contribution in [0.15, 0.2) is 36.7 Å². The third kappa shape index (κ3) is 5.37. The number of carbonyl (C=O) groups is 2. The van der Waals surface area contributed by atoms with Crippen molar-refractivity contribution in [1.82, 2.24) is 9.88 Å². The molecular formula is C26H32ClN3O3Si. The number of pyridine rings is 1. The molecule has 4 rings (SSSR count). The first kappa shape index (κ1) is 24.9. The zero-order chi connectivity index (χ0) is 24.7. The fraction of sp³-hybridized carbons (Fsp3) is 0.500. The average Bonchev–Trinajstić information content (AvgIpc) is 3.13. The van der Waals surface area contributed by atoms with Crippen molar-refractivity contribution in [3.05, 3.63) is 58.4 Å². The maximum absolute atomic E-state index is 13.1. The largest absolute Gasteiger partial charge is 0.410 e. The predicted molar refractivity (Wildman–Crippen MR) is 135 cm³/mol. The van der Waals surface area contributed by atoms with Crippen molar-refractivity contribution in [2.75, 3.05) is 11.4 Å². The van der Waals surface area contributed by atoms with E-state index in [1.165, 1.54) is 0 Å². The maximum Gasteiger partial charge on any atom is 0.258 e. The minimum Gasteiger partial charge on any atom is -0.410 e. The molecule has 2 amide bonds. The minimum atomic E-state index is -0.448. The highest BCUT2D eigenvalue weighted by Crippen LogP contribution is 2.34. The molecule has 3 heterocycles. The maximum atomic E-state index is 13.1. The Balaban J connectivity index is 1.52. The molecule has 0 N–H and O–H groups in total. The SMILES string of the molecule is CC(C)(C)[Si]OC(C)(C)[C@@H]1CCC(=O)N1Cc1cncc(N2CCc3cc(Cl)ccc3C2=O)c1. The van der Waals surface area contributed by atoms with E-state index in [2.05, 4.69) is 39.6 Å². The first-order valence-electron chi connectivity index (χ1n) is 11.7. The summed E-state index contributed by atoms with van der Waals surface area (Å²) >= 11 is 6.10. The highest BCUT2D eigenvalue weighted by molar-refractivity contribution is 6.32. The highest BCUT2D eigenvalue weighted by Gasteiger charge is 2.42. The van der Waals surface area contributed by atoms with Crippen LogP contribution in [0.3, 0.4) is 0 Å². The second-order valence-corrected chi connectivity index (χ2v) is 13.0. The molecule has 6 nitrogen and oxygen atoms in total. The zero-order valence-corrected chi connectivity index (χ0v) is 22.3. The highest BCUT2D eigenvalue weighted by atomic mass is 35.5. The topological polar surface area (TPSA) is 62.7 Å². The Morgan fingerprint density at radius 2 is 1.88 bits per heavy atom. The molecule has 8 heteroatoms. The summed E-state index contributed by atoms with van der Waals surface area (Å²) in [5.41, 5.74) is 2.85. The number of hydrogen-bond acceptors (Lipinski definition) is 4. The number of fused-ring (bicyclic) bond motifs is 1. The van der Waals surface area contributed by atoms with E-state index in [0.29, 0.717) is 39.9 Å². The molecule has 0 saturated carbocycles. The third-order valence-electron chi connectivity index (χ3n) is 6.34. The molecule has 1 fully saturated rings. The standard InChI is InChI=1S/C26H32ClN3O3Si/c1-25(2,3)34-33-26(4,5)22-8-9-23(31)30(22)16-17-12-20(15-28-14-17)29-11-10-18-13-19(27)6-7-21(18)24(29)32/h6-7,12-15,22H,8-11,16H2,1-5H3/t22-/m0/s1. The Labute approximate surface area is 209 Å². The quantitative estimate of drug-likeness (QED) is 0.523. The van der Waals surface area contributed by atoms with E-state index in [0.717, 1.165) is 29.7 Å². The average molecular weight is 498 g/mol. The molecule has 1 aromatic carbocycles. The number of rotatable bonds is 6. The zero-order valence-electron chi connectivity index (χ0n) is 20.5. The van der Waals surface area contributed by atoms with Gasteiger partial charge in [-0.25, -0.2) is 0 Å². The van der Waals surface area contributed by atoms with Crippen LogP contribution in [0.1, 0.15) is 68.9 Å². The number of benzene rings is 1. The summed E-state index contributed by atoms with van der Waals surface area (Å²) in [6.07, 6.45) is 5.52. The summed E-state index contributed by atoms with van der Waals surface area (Å²) < 4.78 is 6.32. The first-order valence-corrected chi connectivity index (χ1v) is 13.0. The van der Waals surface area contributed by atoms with Gasteiger partial charge in [-0.2, -0.15) is 0 Å². The van der Waals surface area contributed by atoms with Gasteiger partial charge in [-0.3, -0.25) is 14.6 Å². The summed E-state index contributed by atoms with van der Waals surface area (Å²) in [7, 11) is 0.349. The third-order valence-corrected chi connectivity index (χ3v) is 7.82.